The second-order valence-corrected chi connectivity index (χ2v) is 4.52. The number of pyridine rings is 1. The lowest BCUT2D eigenvalue weighted by Crippen LogP contribution is -2.04. The van der Waals surface area contributed by atoms with E-state index in [-0.39, 0.29) is 0 Å². The maximum Gasteiger partial charge on any atom is 0.340 e. The number of para-hydroxylation sites is 1. The van der Waals surface area contributed by atoms with E-state index in [4.69, 9.17) is 10.5 Å². The van der Waals surface area contributed by atoms with Crippen molar-refractivity contribution >= 4 is 23.4 Å². The van der Waals surface area contributed by atoms with Gasteiger partial charge in [0.05, 0.1) is 12.7 Å². The molecule has 2 aromatic rings. The van der Waals surface area contributed by atoms with Gasteiger partial charge in [0.2, 0.25) is 0 Å². The molecule has 18 heavy (non-hydrogen) atoms. The zero-order valence-corrected chi connectivity index (χ0v) is 10.6. The maximum absolute atomic E-state index is 11.6. The molecule has 0 unspecified atom stereocenters. The fourth-order valence-electron chi connectivity index (χ4n) is 1.42. The average Bonchev–Trinajstić information content (AvgIpc) is 2.41. The van der Waals surface area contributed by atoms with E-state index in [0.717, 1.165) is 4.90 Å². The number of rotatable bonds is 3. The molecule has 0 saturated heterocycles. The summed E-state index contributed by atoms with van der Waals surface area (Å²) in [5.41, 5.74) is 6.96. The minimum absolute atomic E-state index is 0.403. The number of nitrogen functional groups attached to an aromatic ring is 1. The standard InChI is InChI=1S/C13H12N2O2S/c1-17-13(16)9-5-4-8-15-12(9)18-11-7-3-2-6-10(11)14/h2-8H,14H2,1H3. The number of esters is 1. The summed E-state index contributed by atoms with van der Waals surface area (Å²) in [6.45, 7) is 0. The first-order valence-corrected chi connectivity index (χ1v) is 6.09. The number of benzene rings is 1. The quantitative estimate of drug-likeness (QED) is 0.678. The Hall–Kier alpha value is -2.01. The van der Waals surface area contributed by atoms with Crippen LogP contribution in [0.1, 0.15) is 10.4 Å². The average molecular weight is 260 g/mol. The summed E-state index contributed by atoms with van der Waals surface area (Å²) in [6, 6.07) is 10.8. The van der Waals surface area contributed by atoms with Gasteiger partial charge in [-0.25, -0.2) is 9.78 Å². The number of carbonyl (C=O) groups is 1. The van der Waals surface area contributed by atoms with Crippen LogP contribution in [0.5, 0.6) is 0 Å². The number of hydrogen-bond acceptors (Lipinski definition) is 5. The molecule has 0 aliphatic carbocycles. The Morgan fingerprint density at radius 3 is 2.78 bits per heavy atom. The summed E-state index contributed by atoms with van der Waals surface area (Å²) < 4.78 is 4.72. The van der Waals surface area contributed by atoms with Gasteiger partial charge >= 0.3 is 5.97 Å². The highest BCUT2D eigenvalue weighted by Crippen LogP contribution is 2.32. The fraction of sp³-hybridized carbons (Fsp3) is 0.0769. The first-order chi connectivity index (χ1) is 8.72. The molecule has 1 heterocycles. The molecule has 0 aliphatic heterocycles. The van der Waals surface area contributed by atoms with Crippen LogP contribution in [-0.4, -0.2) is 18.1 Å². The lowest BCUT2D eigenvalue weighted by Gasteiger charge is -2.07. The molecule has 0 atom stereocenters. The molecular formula is C13H12N2O2S. The number of nitrogens with zero attached hydrogens (tertiary/aromatic N) is 1. The van der Waals surface area contributed by atoms with Gasteiger partial charge in [-0.3, -0.25) is 0 Å². The Labute approximate surface area is 109 Å². The topological polar surface area (TPSA) is 65.2 Å². The Morgan fingerprint density at radius 1 is 1.28 bits per heavy atom. The van der Waals surface area contributed by atoms with E-state index in [1.165, 1.54) is 18.9 Å². The van der Waals surface area contributed by atoms with E-state index >= 15 is 0 Å². The van der Waals surface area contributed by atoms with Crippen molar-refractivity contribution in [2.75, 3.05) is 12.8 Å². The van der Waals surface area contributed by atoms with Gasteiger partial charge in [0, 0.05) is 16.8 Å². The summed E-state index contributed by atoms with van der Waals surface area (Å²) in [5, 5.41) is 0.585. The van der Waals surface area contributed by atoms with Crippen LogP contribution < -0.4 is 5.73 Å². The van der Waals surface area contributed by atoms with E-state index in [0.29, 0.717) is 16.3 Å². The predicted octanol–water partition coefficient (Wildman–Crippen LogP) is 2.60. The van der Waals surface area contributed by atoms with Gasteiger partial charge in [0.25, 0.3) is 0 Å². The SMILES string of the molecule is COC(=O)c1cccnc1Sc1ccccc1N. The number of hydrogen-bond donors (Lipinski definition) is 1. The molecule has 0 amide bonds. The molecule has 0 saturated carbocycles. The van der Waals surface area contributed by atoms with Crippen molar-refractivity contribution < 1.29 is 9.53 Å². The Kier molecular flexibility index (Phi) is 3.84. The second kappa shape index (κ2) is 5.55. The van der Waals surface area contributed by atoms with Crippen LogP contribution in [0.4, 0.5) is 5.69 Å². The number of aromatic nitrogens is 1. The molecule has 0 fully saturated rings. The van der Waals surface area contributed by atoms with Crippen molar-refractivity contribution in [3.63, 3.8) is 0 Å². The number of carbonyl (C=O) groups excluding carboxylic acids is 1. The van der Waals surface area contributed by atoms with Crippen molar-refractivity contribution in [1.82, 2.24) is 4.98 Å². The molecule has 1 aromatic heterocycles. The highest BCUT2D eigenvalue weighted by atomic mass is 32.2. The smallest absolute Gasteiger partial charge is 0.340 e. The third-order valence-corrected chi connectivity index (χ3v) is 3.41. The van der Waals surface area contributed by atoms with Crippen LogP contribution in [0.15, 0.2) is 52.5 Å². The predicted molar refractivity (Wildman–Crippen MR) is 70.6 cm³/mol. The highest BCUT2D eigenvalue weighted by Gasteiger charge is 2.14. The summed E-state index contributed by atoms with van der Waals surface area (Å²) in [6.07, 6.45) is 1.63. The van der Waals surface area contributed by atoms with E-state index in [9.17, 15) is 4.79 Å². The van der Waals surface area contributed by atoms with Crippen molar-refractivity contribution in [3.8, 4) is 0 Å². The van der Waals surface area contributed by atoms with Crippen LogP contribution in [-0.2, 0) is 4.74 Å². The minimum Gasteiger partial charge on any atom is -0.465 e. The van der Waals surface area contributed by atoms with E-state index in [1.807, 2.05) is 24.3 Å². The van der Waals surface area contributed by atoms with Gasteiger partial charge < -0.3 is 10.5 Å². The zero-order valence-electron chi connectivity index (χ0n) is 9.79. The Bertz CT molecular complexity index is 572. The van der Waals surface area contributed by atoms with E-state index in [1.54, 1.807) is 18.3 Å². The number of anilines is 1. The Morgan fingerprint density at radius 2 is 2.06 bits per heavy atom. The molecule has 2 N–H and O–H groups in total. The summed E-state index contributed by atoms with van der Waals surface area (Å²) in [4.78, 5) is 16.7. The lowest BCUT2D eigenvalue weighted by atomic mass is 10.3. The molecule has 92 valence electrons. The van der Waals surface area contributed by atoms with E-state index in [2.05, 4.69) is 4.98 Å². The van der Waals surface area contributed by atoms with Crippen LogP contribution in [0, 0.1) is 0 Å². The Balaban J connectivity index is 2.35. The van der Waals surface area contributed by atoms with Crippen molar-refractivity contribution in [1.29, 1.82) is 0 Å². The monoisotopic (exact) mass is 260 g/mol. The zero-order chi connectivity index (χ0) is 13.0. The van der Waals surface area contributed by atoms with Crippen LogP contribution >= 0.6 is 11.8 Å². The first kappa shape index (κ1) is 12.4. The van der Waals surface area contributed by atoms with E-state index < -0.39 is 5.97 Å². The third kappa shape index (κ3) is 2.62. The maximum atomic E-state index is 11.6. The molecule has 1 aromatic carbocycles. The third-order valence-electron chi connectivity index (χ3n) is 2.30. The summed E-state index contributed by atoms with van der Waals surface area (Å²) in [7, 11) is 1.35. The molecule has 0 aliphatic rings. The minimum atomic E-state index is -0.403. The number of ether oxygens (including phenoxy) is 1. The van der Waals surface area contributed by atoms with Crippen molar-refractivity contribution in [3.05, 3.63) is 48.2 Å². The molecular weight excluding hydrogens is 248 g/mol. The van der Waals surface area contributed by atoms with Gasteiger partial charge in [-0.05, 0) is 24.3 Å². The van der Waals surface area contributed by atoms with Crippen molar-refractivity contribution in [2.45, 2.75) is 9.92 Å². The molecule has 4 nitrogen and oxygen atoms in total. The normalized spacial score (nSPS) is 10.1. The molecule has 2 rings (SSSR count). The van der Waals surface area contributed by atoms with Crippen LogP contribution in [0.3, 0.4) is 0 Å². The van der Waals surface area contributed by atoms with Gasteiger partial charge in [-0.1, -0.05) is 23.9 Å². The molecule has 0 bridgehead atoms. The van der Waals surface area contributed by atoms with Gasteiger partial charge in [-0.15, -0.1) is 0 Å². The summed E-state index contributed by atoms with van der Waals surface area (Å²) in [5.74, 6) is -0.403. The highest BCUT2D eigenvalue weighted by molar-refractivity contribution is 7.99. The second-order valence-electron chi connectivity index (χ2n) is 3.49. The number of methoxy groups -OCH3 is 1. The largest absolute Gasteiger partial charge is 0.465 e. The first-order valence-electron chi connectivity index (χ1n) is 5.28. The van der Waals surface area contributed by atoms with Crippen molar-refractivity contribution in [2.24, 2.45) is 0 Å². The summed E-state index contributed by atoms with van der Waals surface area (Å²) >= 11 is 1.35. The fourth-order valence-corrected chi connectivity index (χ4v) is 2.33. The molecule has 0 spiro atoms. The molecule has 0 radical (unpaired) electrons. The van der Waals surface area contributed by atoms with Gasteiger partial charge in [0.15, 0.2) is 0 Å². The van der Waals surface area contributed by atoms with Gasteiger partial charge in [-0.2, -0.15) is 0 Å². The molecule has 5 heteroatoms. The lowest BCUT2D eigenvalue weighted by molar-refractivity contribution is 0.0596. The van der Waals surface area contributed by atoms with Crippen LogP contribution in [0.2, 0.25) is 0 Å². The number of nitrogens with two attached hydrogens (primary N) is 1. The van der Waals surface area contributed by atoms with Gasteiger partial charge in [0.1, 0.15) is 5.03 Å². The van der Waals surface area contributed by atoms with Crippen LogP contribution in [0.25, 0.3) is 0 Å².